The molecule has 1 aromatic heterocycles. The summed E-state index contributed by atoms with van der Waals surface area (Å²) in [5.41, 5.74) is 4.73. The molecule has 30 heavy (non-hydrogen) atoms. The van der Waals surface area contributed by atoms with Crippen molar-refractivity contribution in [1.82, 2.24) is 14.8 Å². The molecule has 0 spiro atoms. The summed E-state index contributed by atoms with van der Waals surface area (Å²) in [5, 5.41) is 7.39. The van der Waals surface area contributed by atoms with E-state index in [1.165, 1.54) is 5.56 Å². The molecule has 0 aliphatic heterocycles. The Labute approximate surface area is 191 Å². The highest BCUT2D eigenvalue weighted by Crippen LogP contribution is 2.25. The van der Waals surface area contributed by atoms with Crippen molar-refractivity contribution in [3.63, 3.8) is 0 Å². The summed E-state index contributed by atoms with van der Waals surface area (Å²) in [6.07, 6.45) is 0. The monoisotopic (exact) mass is 524 g/mol. The topological polar surface area (TPSA) is 59.8 Å². The van der Waals surface area contributed by atoms with E-state index in [1.54, 1.807) is 4.68 Å². The number of anilines is 1. The van der Waals surface area contributed by atoms with E-state index in [4.69, 9.17) is 0 Å². The molecule has 4 rings (SSSR count). The zero-order valence-electron chi connectivity index (χ0n) is 16.4. The molecular weight excluding hydrogens is 508 g/mol. The number of amides is 1. The molecule has 4 aromatic rings. The average molecular weight is 526 g/mol. The summed E-state index contributed by atoms with van der Waals surface area (Å²) in [7, 11) is 0. The van der Waals surface area contributed by atoms with Crippen molar-refractivity contribution in [3.05, 3.63) is 92.6 Å². The van der Waals surface area contributed by atoms with Gasteiger partial charge in [0.2, 0.25) is 5.82 Å². The average Bonchev–Trinajstić information content (AvgIpc) is 3.18. The zero-order chi connectivity index (χ0) is 21.3. The smallest absolute Gasteiger partial charge is 0.295 e. The Morgan fingerprint density at radius 2 is 1.50 bits per heavy atom. The zero-order valence-corrected chi connectivity index (χ0v) is 19.5. The summed E-state index contributed by atoms with van der Waals surface area (Å²) in [6.45, 7) is 4.11. The molecule has 0 bridgehead atoms. The quantitative estimate of drug-likeness (QED) is 0.338. The van der Waals surface area contributed by atoms with Gasteiger partial charge in [-0.25, -0.2) is 9.67 Å². The Hall–Kier alpha value is -2.77. The SMILES string of the molecule is Cc1ccc(-n2nc(C(=O)Nc3ccc(Br)cc3)nc2-c2ccc(Br)cc2)cc1C. The normalized spacial score (nSPS) is 10.8. The van der Waals surface area contributed by atoms with E-state index in [-0.39, 0.29) is 11.7 Å². The Kier molecular flexibility index (Phi) is 5.83. The fourth-order valence-electron chi connectivity index (χ4n) is 2.95. The molecule has 1 amide bonds. The van der Waals surface area contributed by atoms with E-state index in [0.717, 1.165) is 25.8 Å². The molecule has 0 aliphatic carbocycles. The first-order valence-electron chi connectivity index (χ1n) is 9.28. The summed E-state index contributed by atoms with van der Waals surface area (Å²) in [5.74, 6) is 0.346. The first-order chi connectivity index (χ1) is 14.4. The van der Waals surface area contributed by atoms with Gasteiger partial charge in [0.05, 0.1) is 5.69 Å². The Morgan fingerprint density at radius 3 is 2.13 bits per heavy atom. The van der Waals surface area contributed by atoms with Crippen molar-refractivity contribution in [3.8, 4) is 17.1 Å². The predicted molar refractivity (Wildman–Crippen MR) is 126 cm³/mol. The van der Waals surface area contributed by atoms with Crippen molar-refractivity contribution >= 4 is 43.5 Å². The highest BCUT2D eigenvalue weighted by molar-refractivity contribution is 9.10. The number of aryl methyl sites for hydroxylation is 2. The molecule has 0 unspecified atom stereocenters. The maximum absolute atomic E-state index is 12.8. The fraction of sp³-hybridized carbons (Fsp3) is 0.0870. The molecule has 1 N–H and O–H groups in total. The van der Waals surface area contributed by atoms with Crippen LogP contribution in [0.25, 0.3) is 17.1 Å². The maximum atomic E-state index is 12.8. The second-order valence-corrected chi connectivity index (χ2v) is 8.74. The van der Waals surface area contributed by atoms with Crippen LogP contribution >= 0.6 is 31.9 Å². The molecule has 3 aromatic carbocycles. The molecule has 0 saturated carbocycles. The molecule has 0 radical (unpaired) electrons. The summed E-state index contributed by atoms with van der Waals surface area (Å²) >= 11 is 6.85. The molecule has 150 valence electrons. The molecule has 0 aliphatic rings. The lowest BCUT2D eigenvalue weighted by Crippen LogP contribution is -2.14. The van der Waals surface area contributed by atoms with E-state index in [2.05, 4.69) is 61.1 Å². The second kappa shape index (κ2) is 8.53. The first kappa shape index (κ1) is 20.5. The van der Waals surface area contributed by atoms with Gasteiger partial charge in [0, 0.05) is 20.2 Å². The van der Waals surface area contributed by atoms with Gasteiger partial charge < -0.3 is 5.32 Å². The summed E-state index contributed by atoms with van der Waals surface area (Å²) < 4.78 is 3.62. The number of halogens is 2. The summed E-state index contributed by atoms with van der Waals surface area (Å²) in [4.78, 5) is 17.4. The number of hydrogen-bond acceptors (Lipinski definition) is 3. The lowest BCUT2D eigenvalue weighted by Gasteiger charge is -2.08. The van der Waals surface area contributed by atoms with Crippen molar-refractivity contribution in [1.29, 1.82) is 0 Å². The van der Waals surface area contributed by atoms with Crippen molar-refractivity contribution in [2.45, 2.75) is 13.8 Å². The third-order valence-electron chi connectivity index (χ3n) is 4.75. The number of carbonyl (C=O) groups excluding carboxylic acids is 1. The Bertz CT molecular complexity index is 1220. The number of rotatable bonds is 4. The number of benzene rings is 3. The van der Waals surface area contributed by atoms with E-state index >= 15 is 0 Å². The van der Waals surface area contributed by atoms with Gasteiger partial charge in [-0.1, -0.05) is 50.1 Å². The second-order valence-electron chi connectivity index (χ2n) is 6.91. The molecule has 0 atom stereocenters. The Balaban J connectivity index is 1.76. The first-order valence-corrected chi connectivity index (χ1v) is 10.9. The van der Waals surface area contributed by atoms with E-state index < -0.39 is 0 Å². The highest BCUT2D eigenvalue weighted by Gasteiger charge is 2.19. The number of nitrogens with one attached hydrogen (secondary N) is 1. The van der Waals surface area contributed by atoms with Crippen LogP contribution in [0.2, 0.25) is 0 Å². The van der Waals surface area contributed by atoms with Gasteiger partial charge in [0.1, 0.15) is 0 Å². The van der Waals surface area contributed by atoms with E-state index in [9.17, 15) is 4.79 Å². The molecular formula is C23H18Br2N4O. The summed E-state index contributed by atoms with van der Waals surface area (Å²) in [6, 6.07) is 21.2. The van der Waals surface area contributed by atoms with Gasteiger partial charge in [-0.2, -0.15) is 0 Å². The predicted octanol–water partition coefficient (Wildman–Crippen LogP) is 6.33. The van der Waals surface area contributed by atoms with Gasteiger partial charge in [-0.05, 0) is 73.5 Å². The minimum Gasteiger partial charge on any atom is -0.319 e. The largest absolute Gasteiger partial charge is 0.319 e. The molecule has 1 heterocycles. The number of hydrogen-bond donors (Lipinski definition) is 1. The van der Waals surface area contributed by atoms with Gasteiger partial charge in [0.15, 0.2) is 5.82 Å². The van der Waals surface area contributed by atoms with Crippen LogP contribution in [-0.4, -0.2) is 20.7 Å². The van der Waals surface area contributed by atoms with Crippen molar-refractivity contribution in [2.24, 2.45) is 0 Å². The van der Waals surface area contributed by atoms with Crippen LogP contribution in [0.4, 0.5) is 5.69 Å². The van der Waals surface area contributed by atoms with Crippen LogP contribution in [0.15, 0.2) is 75.7 Å². The maximum Gasteiger partial charge on any atom is 0.295 e. The number of carbonyl (C=O) groups is 1. The van der Waals surface area contributed by atoms with E-state index in [1.807, 2.05) is 66.7 Å². The van der Waals surface area contributed by atoms with Gasteiger partial charge in [0.25, 0.3) is 5.91 Å². The van der Waals surface area contributed by atoms with Crippen LogP contribution < -0.4 is 5.32 Å². The molecule has 7 heteroatoms. The fourth-order valence-corrected chi connectivity index (χ4v) is 3.48. The highest BCUT2D eigenvalue weighted by atomic mass is 79.9. The Morgan fingerprint density at radius 1 is 0.867 bits per heavy atom. The van der Waals surface area contributed by atoms with Crippen LogP contribution in [0.5, 0.6) is 0 Å². The molecule has 0 saturated heterocycles. The van der Waals surface area contributed by atoms with Gasteiger partial charge >= 0.3 is 0 Å². The van der Waals surface area contributed by atoms with Crippen LogP contribution in [-0.2, 0) is 0 Å². The third-order valence-corrected chi connectivity index (χ3v) is 5.81. The molecule has 0 fully saturated rings. The van der Waals surface area contributed by atoms with Crippen LogP contribution in [0, 0.1) is 13.8 Å². The lowest BCUT2D eigenvalue weighted by atomic mass is 10.1. The van der Waals surface area contributed by atoms with Gasteiger partial charge in [-0.15, -0.1) is 5.10 Å². The van der Waals surface area contributed by atoms with Gasteiger partial charge in [-0.3, -0.25) is 4.79 Å². The minimum atomic E-state index is -0.363. The number of aromatic nitrogens is 3. The standard InChI is InChI=1S/C23H18Br2N4O/c1-14-3-12-20(13-15(14)2)29-22(16-4-6-17(24)7-5-16)27-21(28-29)23(30)26-19-10-8-18(25)9-11-19/h3-13H,1-2H3,(H,26,30). The number of nitrogens with zero attached hydrogens (tertiary/aromatic N) is 3. The van der Waals surface area contributed by atoms with Crippen LogP contribution in [0.1, 0.15) is 21.7 Å². The third kappa shape index (κ3) is 4.37. The van der Waals surface area contributed by atoms with Crippen LogP contribution in [0.3, 0.4) is 0 Å². The lowest BCUT2D eigenvalue weighted by molar-refractivity contribution is 0.101. The van der Waals surface area contributed by atoms with Crippen molar-refractivity contribution < 1.29 is 4.79 Å². The molecule has 5 nitrogen and oxygen atoms in total. The van der Waals surface area contributed by atoms with Crippen molar-refractivity contribution in [2.75, 3.05) is 5.32 Å². The van der Waals surface area contributed by atoms with E-state index in [0.29, 0.717) is 11.5 Å². The minimum absolute atomic E-state index is 0.106.